The molecular weight excluding hydrogens is 525 g/mol. The number of carboxylic acids is 1. The van der Waals surface area contributed by atoms with E-state index in [2.05, 4.69) is 25.5 Å². The maximum absolute atomic E-state index is 12.8. The number of imidazole rings is 1. The molecule has 1 fully saturated rings. The number of amides is 2. The SMILES string of the molecule is Nc1nc(/C(=N/O)C(=O)N[C@@H]2C(=O)N3C(C(=O)O)=C(CSc4nn5ccnc5s4)CS[C@H]23)cs1. The first kappa shape index (κ1) is 22.6. The number of thiazole rings is 1. The Morgan fingerprint density at radius 2 is 2.24 bits per heavy atom. The molecule has 5 heterocycles. The normalized spacial score (nSPS) is 20.4. The molecule has 0 unspecified atom stereocenters. The minimum atomic E-state index is -1.22. The Bertz CT molecular complexity index is 1350. The van der Waals surface area contributed by atoms with Gasteiger partial charge in [0.1, 0.15) is 22.8 Å². The molecule has 13 nitrogen and oxygen atoms in total. The van der Waals surface area contributed by atoms with Crippen LogP contribution in [-0.2, 0) is 14.4 Å². The van der Waals surface area contributed by atoms with Crippen LogP contribution in [0.3, 0.4) is 0 Å². The molecule has 3 aromatic rings. The first-order valence-corrected chi connectivity index (χ1v) is 13.2. The van der Waals surface area contributed by atoms with Gasteiger partial charge in [0.2, 0.25) is 4.96 Å². The molecule has 34 heavy (non-hydrogen) atoms. The van der Waals surface area contributed by atoms with Gasteiger partial charge in [-0.3, -0.25) is 14.5 Å². The summed E-state index contributed by atoms with van der Waals surface area (Å²) in [5.41, 5.74) is 5.74. The molecule has 1 saturated heterocycles. The Kier molecular flexibility index (Phi) is 5.92. The number of carbonyl (C=O) groups is 3. The van der Waals surface area contributed by atoms with E-state index in [0.29, 0.717) is 17.1 Å². The molecule has 5 rings (SSSR count). The van der Waals surface area contributed by atoms with Gasteiger partial charge in [-0.2, -0.15) is 0 Å². The Morgan fingerprint density at radius 1 is 1.41 bits per heavy atom. The molecule has 0 bridgehead atoms. The summed E-state index contributed by atoms with van der Waals surface area (Å²) in [6.45, 7) is 0. The Balaban J connectivity index is 1.30. The fourth-order valence-corrected chi connectivity index (χ4v) is 7.37. The summed E-state index contributed by atoms with van der Waals surface area (Å²) < 4.78 is 2.37. The third kappa shape index (κ3) is 3.89. The number of fused-ring (bicyclic) bond motifs is 2. The van der Waals surface area contributed by atoms with Crippen LogP contribution in [-0.4, -0.2) is 81.2 Å². The zero-order chi connectivity index (χ0) is 24.0. The number of rotatable bonds is 7. The van der Waals surface area contributed by atoms with Gasteiger partial charge in [0.25, 0.3) is 11.8 Å². The topological polar surface area (TPSA) is 188 Å². The lowest BCUT2D eigenvalue weighted by Gasteiger charge is -2.49. The van der Waals surface area contributed by atoms with E-state index in [1.807, 2.05) is 0 Å². The van der Waals surface area contributed by atoms with Crippen LogP contribution in [0.2, 0.25) is 0 Å². The average Bonchev–Trinajstić information content (AvgIpc) is 3.52. The van der Waals surface area contributed by atoms with Gasteiger partial charge >= 0.3 is 5.97 Å². The first-order valence-electron chi connectivity index (χ1n) is 9.44. The number of hydrogen-bond acceptors (Lipinski definition) is 13. The maximum Gasteiger partial charge on any atom is 0.352 e. The van der Waals surface area contributed by atoms with Crippen LogP contribution in [0.1, 0.15) is 5.69 Å². The van der Waals surface area contributed by atoms with Gasteiger partial charge in [-0.15, -0.1) is 28.2 Å². The summed E-state index contributed by atoms with van der Waals surface area (Å²) in [6, 6.07) is -0.972. The van der Waals surface area contributed by atoms with Crippen molar-refractivity contribution >= 4 is 79.8 Å². The van der Waals surface area contributed by atoms with E-state index in [-0.39, 0.29) is 22.2 Å². The fourth-order valence-electron chi connectivity index (χ4n) is 3.44. The molecule has 176 valence electrons. The maximum atomic E-state index is 12.8. The summed E-state index contributed by atoms with van der Waals surface area (Å²) in [5.74, 6) is -1.90. The molecule has 0 aliphatic carbocycles. The standard InChI is InChI=1S/C17H14N8O5S4/c18-15-20-7(5-32-15)8(23-30)11(26)21-9-12(27)25-10(14(28)29)6(3-31-13(9)25)4-33-17-22-24-2-1-19-16(24)34-17/h1-2,5,9,13,30H,3-4H2,(H2,18,20)(H,21,26)(H,28,29)/b23-8-/t9-,13-/m1/s1. The van der Waals surface area contributed by atoms with Gasteiger partial charge in [-0.1, -0.05) is 28.3 Å². The van der Waals surface area contributed by atoms with E-state index in [9.17, 15) is 24.7 Å². The van der Waals surface area contributed by atoms with Gasteiger partial charge in [0, 0.05) is 23.1 Å². The van der Waals surface area contributed by atoms with Gasteiger partial charge in [-0.25, -0.2) is 19.3 Å². The number of carbonyl (C=O) groups excluding carboxylic acids is 2. The fraction of sp³-hybridized carbons (Fsp3) is 0.235. The number of nitrogens with zero attached hydrogens (tertiary/aromatic N) is 6. The molecule has 2 amide bonds. The highest BCUT2D eigenvalue weighted by Crippen LogP contribution is 2.41. The predicted octanol–water partition coefficient (Wildman–Crippen LogP) is 0.539. The van der Waals surface area contributed by atoms with E-state index >= 15 is 0 Å². The highest BCUT2D eigenvalue weighted by atomic mass is 32.2. The smallest absolute Gasteiger partial charge is 0.352 e. The van der Waals surface area contributed by atoms with Crippen LogP contribution in [0.5, 0.6) is 0 Å². The lowest BCUT2D eigenvalue weighted by atomic mass is 10.0. The van der Waals surface area contributed by atoms with E-state index in [4.69, 9.17) is 5.73 Å². The minimum Gasteiger partial charge on any atom is -0.477 e. The van der Waals surface area contributed by atoms with Crippen molar-refractivity contribution in [3.63, 3.8) is 0 Å². The second-order valence-electron chi connectivity index (χ2n) is 6.95. The van der Waals surface area contributed by atoms with Crippen molar-refractivity contribution < 1.29 is 24.7 Å². The van der Waals surface area contributed by atoms with Gasteiger partial charge < -0.3 is 21.4 Å². The summed E-state index contributed by atoms with van der Waals surface area (Å²) in [7, 11) is 0. The van der Waals surface area contributed by atoms with E-state index in [0.717, 1.165) is 20.6 Å². The van der Waals surface area contributed by atoms with Crippen LogP contribution in [0, 0.1) is 0 Å². The largest absolute Gasteiger partial charge is 0.477 e. The third-order valence-electron chi connectivity index (χ3n) is 4.94. The molecule has 0 radical (unpaired) electrons. The molecule has 5 N–H and O–H groups in total. The Morgan fingerprint density at radius 3 is 2.91 bits per heavy atom. The summed E-state index contributed by atoms with van der Waals surface area (Å²) in [4.78, 5) is 47.4. The van der Waals surface area contributed by atoms with Crippen molar-refractivity contribution in [1.29, 1.82) is 0 Å². The second-order valence-corrected chi connectivity index (χ2v) is 11.1. The third-order valence-corrected chi connectivity index (χ3v) is 9.11. The van der Waals surface area contributed by atoms with E-state index < -0.39 is 29.2 Å². The summed E-state index contributed by atoms with van der Waals surface area (Å²) >= 11 is 5.16. The molecule has 0 spiro atoms. The summed E-state index contributed by atoms with van der Waals surface area (Å²) in [5, 5.41) is 30.0. The molecule has 2 aliphatic rings. The number of anilines is 1. The molecule has 17 heteroatoms. The minimum absolute atomic E-state index is 0.0717. The number of β-lactam (4-membered cyclic amide) rings is 1. The van der Waals surface area contributed by atoms with Crippen molar-refractivity contribution in [2.24, 2.45) is 5.16 Å². The van der Waals surface area contributed by atoms with E-state index in [1.54, 1.807) is 16.9 Å². The van der Waals surface area contributed by atoms with Gasteiger partial charge in [-0.05, 0) is 5.57 Å². The van der Waals surface area contributed by atoms with Gasteiger partial charge in [0.15, 0.2) is 15.2 Å². The van der Waals surface area contributed by atoms with E-state index in [1.165, 1.54) is 45.1 Å². The number of oxime groups is 1. The lowest BCUT2D eigenvalue weighted by Crippen LogP contribution is -2.71. The predicted molar refractivity (Wildman–Crippen MR) is 126 cm³/mol. The Labute approximate surface area is 206 Å². The van der Waals surface area contributed by atoms with Crippen molar-refractivity contribution in [3.8, 4) is 0 Å². The number of aliphatic carboxylic acids is 1. The monoisotopic (exact) mass is 538 g/mol. The molecule has 0 aromatic carbocycles. The number of aromatic nitrogens is 4. The first-order chi connectivity index (χ1) is 16.4. The van der Waals surface area contributed by atoms with Crippen LogP contribution in [0.25, 0.3) is 4.96 Å². The van der Waals surface area contributed by atoms with Crippen LogP contribution < -0.4 is 11.1 Å². The molecule has 2 aliphatic heterocycles. The molecule has 0 saturated carbocycles. The number of nitrogens with two attached hydrogens (primary N) is 1. The van der Waals surface area contributed by atoms with Crippen molar-refractivity contribution in [2.45, 2.75) is 15.8 Å². The number of hydrogen-bond donors (Lipinski definition) is 4. The second kappa shape index (κ2) is 8.90. The Hall–Kier alpha value is -3.15. The van der Waals surface area contributed by atoms with Crippen molar-refractivity contribution in [2.75, 3.05) is 17.2 Å². The van der Waals surface area contributed by atoms with Gasteiger partial charge in [0.05, 0.1) is 6.20 Å². The van der Waals surface area contributed by atoms with Crippen LogP contribution >= 0.6 is 46.2 Å². The number of nitrogen functional groups attached to an aromatic ring is 1. The summed E-state index contributed by atoms with van der Waals surface area (Å²) in [6.07, 6.45) is 3.37. The molecular formula is C17H14N8O5S4. The molecule has 2 atom stereocenters. The zero-order valence-electron chi connectivity index (χ0n) is 16.8. The highest BCUT2D eigenvalue weighted by molar-refractivity contribution is 8.02. The quantitative estimate of drug-likeness (QED) is 0.108. The van der Waals surface area contributed by atoms with Crippen molar-refractivity contribution in [1.82, 2.24) is 29.8 Å². The lowest BCUT2D eigenvalue weighted by molar-refractivity contribution is -0.150. The zero-order valence-corrected chi connectivity index (χ0v) is 20.1. The number of thioether (sulfide) groups is 2. The van der Waals surface area contributed by atoms with Crippen LogP contribution in [0.15, 0.2) is 38.5 Å². The van der Waals surface area contributed by atoms with Crippen LogP contribution in [0.4, 0.5) is 5.13 Å². The number of carboxylic acid groups (broad SMARTS) is 1. The van der Waals surface area contributed by atoms with Crippen molar-refractivity contribution in [3.05, 3.63) is 34.7 Å². The highest BCUT2D eigenvalue weighted by Gasteiger charge is 2.54. The molecule has 3 aromatic heterocycles. The average molecular weight is 539 g/mol. The number of nitrogens with one attached hydrogen (secondary N) is 1.